The molecule has 0 atom stereocenters. The van der Waals surface area contributed by atoms with E-state index in [0.29, 0.717) is 12.6 Å². The Bertz CT molecular complexity index is 884. The summed E-state index contributed by atoms with van der Waals surface area (Å²) in [7, 11) is 1.81. The maximum Gasteiger partial charge on any atom is 0.265 e. The molecule has 0 bridgehead atoms. The highest BCUT2D eigenvalue weighted by Crippen LogP contribution is 2.31. The van der Waals surface area contributed by atoms with Gasteiger partial charge in [0.15, 0.2) is 12.6 Å². The molecule has 3 heterocycles. The highest BCUT2D eigenvalue weighted by atomic mass is 127. The third-order valence-corrected chi connectivity index (χ3v) is 6.53. The van der Waals surface area contributed by atoms with Crippen LogP contribution in [0, 0.1) is 0 Å². The summed E-state index contributed by atoms with van der Waals surface area (Å²) >= 11 is 1.76. The third-order valence-electron chi connectivity index (χ3n) is 5.80. The normalized spacial score (nSPS) is 17.3. The van der Waals surface area contributed by atoms with Crippen molar-refractivity contribution in [2.75, 3.05) is 44.7 Å². The number of carbonyl (C=O) groups excluding carboxylic acids is 1. The van der Waals surface area contributed by atoms with Crippen LogP contribution in [0.2, 0.25) is 0 Å². The van der Waals surface area contributed by atoms with E-state index in [1.807, 2.05) is 36.2 Å². The van der Waals surface area contributed by atoms with Crippen LogP contribution in [0.1, 0.15) is 24.8 Å². The lowest BCUT2D eigenvalue weighted by atomic mass is 10.0. The molecule has 32 heavy (non-hydrogen) atoms. The van der Waals surface area contributed by atoms with Gasteiger partial charge in [-0.2, -0.15) is 11.3 Å². The highest BCUT2D eigenvalue weighted by Gasteiger charge is 2.24. The molecule has 7 nitrogen and oxygen atoms in total. The lowest BCUT2D eigenvalue weighted by molar-refractivity contribution is -0.121. The van der Waals surface area contributed by atoms with E-state index < -0.39 is 0 Å². The Morgan fingerprint density at radius 1 is 1.25 bits per heavy atom. The molecule has 1 saturated heterocycles. The van der Waals surface area contributed by atoms with Crippen molar-refractivity contribution in [1.29, 1.82) is 0 Å². The second-order valence-corrected chi connectivity index (χ2v) is 8.76. The van der Waals surface area contributed by atoms with Gasteiger partial charge in [0.2, 0.25) is 0 Å². The molecule has 0 unspecified atom stereocenters. The first-order chi connectivity index (χ1) is 15.2. The minimum absolute atomic E-state index is 0. The topological polar surface area (TPSA) is 69.2 Å². The molecular weight excluding hydrogens is 537 g/mol. The fourth-order valence-corrected chi connectivity index (χ4v) is 4.77. The molecule has 1 amide bonds. The van der Waals surface area contributed by atoms with Crippen molar-refractivity contribution in [3.05, 3.63) is 46.7 Å². The van der Waals surface area contributed by atoms with E-state index in [2.05, 4.69) is 37.4 Å². The number of hydrogen-bond donors (Lipinski definition) is 2. The first kappa shape index (κ1) is 24.8. The summed E-state index contributed by atoms with van der Waals surface area (Å²) in [5.41, 5.74) is 2.27. The predicted octanol–water partition coefficient (Wildman–Crippen LogP) is 3.31. The van der Waals surface area contributed by atoms with Gasteiger partial charge in [0.25, 0.3) is 5.91 Å². The number of anilines is 1. The zero-order valence-corrected chi connectivity index (χ0v) is 21.6. The van der Waals surface area contributed by atoms with Gasteiger partial charge >= 0.3 is 0 Å². The van der Waals surface area contributed by atoms with Gasteiger partial charge < -0.3 is 20.3 Å². The number of guanidine groups is 1. The number of piperidine rings is 1. The molecule has 0 aliphatic carbocycles. The molecule has 2 aromatic rings. The first-order valence-corrected chi connectivity index (χ1v) is 11.9. The fourth-order valence-electron chi connectivity index (χ4n) is 4.11. The number of rotatable bonds is 7. The van der Waals surface area contributed by atoms with Crippen LogP contribution < -0.4 is 20.3 Å². The molecule has 4 rings (SSSR count). The second kappa shape index (κ2) is 12.4. The van der Waals surface area contributed by atoms with Gasteiger partial charge in [0.05, 0.1) is 5.69 Å². The molecule has 2 aliphatic heterocycles. The summed E-state index contributed by atoms with van der Waals surface area (Å²) in [6, 6.07) is 10.4. The Balaban J connectivity index is 0.00000289. The van der Waals surface area contributed by atoms with Crippen LogP contribution in [0.15, 0.2) is 46.1 Å². The molecule has 1 fully saturated rings. The maximum atomic E-state index is 12.3. The molecule has 2 N–H and O–H groups in total. The molecule has 174 valence electrons. The maximum absolute atomic E-state index is 12.3. The van der Waals surface area contributed by atoms with Crippen LogP contribution in [0.25, 0.3) is 0 Å². The van der Waals surface area contributed by atoms with E-state index in [0.717, 1.165) is 62.8 Å². The van der Waals surface area contributed by atoms with Gasteiger partial charge in [-0.1, -0.05) is 12.1 Å². The van der Waals surface area contributed by atoms with Crippen molar-refractivity contribution in [1.82, 2.24) is 15.5 Å². The first-order valence-electron chi connectivity index (χ1n) is 11.0. The molecular formula is C23H32IN5O2S. The van der Waals surface area contributed by atoms with Crippen LogP contribution in [0.3, 0.4) is 0 Å². The van der Waals surface area contributed by atoms with E-state index in [4.69, 9.17) is 4.74 Å². The molecule has 0 radical (unpaired) electrons. The summed E-state index contributed by atoms with van der Waals surface area (Å²) < 4.78 is 5.51. The Hall–Kier alpha value is -1.85. The highest BCUT2D eigenvalue weighted by molar-refractivity contribution is 14.0. The Morgan fingerprint density at radius 2 is 2.06 bits per heavy atom. The second-order valence-electron chi connectivity index (χ2n) is 7.98. The number of thiophene rings is 1. The van der Waals surface area contributed by atoms with Gasteiger partial charge in [-0.25, -0.2) is 0 Å². The summed E-state index contributed by atoms with van der Waals surface area (Å²) in [5, 5.41) is 11.3. The lowest BCUT2D eigenvalue weighted by Gasteiger charge is -2.33. The van der Waals surface area contributed by atoms with Crippen molar-refractivity contribution < 1.29 is 9.53 Å². The molecule has 9 heteroatoms. The fraction of sp³-hybridized carbons (Fsp3) is 0.478. The van der Waals surface area contributed by atoms with E-state index in [1.165, 1.54) is 5.56 Å². The van der Waals surface area contributed by atoms with E-state index in [-0.39, 0.29) is 36.5 Å². The number of nitrogens with zero attached hydrogens (tertiary/aromatic N) is 3. The minimum atomic E-state index is 0. The molecule has 2 aliphatic rings. The number of halogens is 1. The molecule has 0 saturated carbocycles. The van der Waals surface area contributed by atoms with Gasteiger partial charge in [-0.15, -0.1) is 24.0 Å². The molecule has 0 spiro atoms. The number of amides is 1. The lowest BCUT2D eigenvalue weighted by Crippen LogP contribution is -2.49. The molecule has 1 aromatic heterocycles. The number of ether oxygens (including phenoxy) is 1. The van der Waals surface area contributed by atoms with Gasteiger partial charge in [0, 0.05) is 45.8 Å². The summed E-state index contributed by atoms with van der Waals surface area (Å²) in [6.45, 7) is 4.77. The van der Waals surface area contributed by atoms with Crippen LogP contribution in [0.4, 0.5) is 5.69 Å². The predicted molar refractivity (Wildman–Crippen MR) is 141 cm³/mol. The summed E-state index contributed by atoms with van der Waals surface area (Å²) in [4.78, 5) is 21.0. The van der Waals surface area contributed by atoms with Gasteiger partial charge in [-0.3, -0.25) is 14.7 Å². The Kier molecular flexibility index (Phi) is 9.61. The smallest absolute Gasteiger partial charge is 0.265 e. The number of hydrogen-bond acceptors (Lipinski definition) is 5. The zero-order chi connectivity index (χ0) is 21.5. The zero-order valence-electron chi connectivity index (χ0n) is 18.5. The number of fused-ring (bicyclic) bond motifs is 1. The van der Waals surface area contributed by atoms with Crippen LogP contribution in [0.5, 0.6) is 5.75 Å². The van der Waals surface area contributed by atoms with E-state index >= 15 is 0 Å². The Labute approximate surface area is 211 Å². The average Bonchev–Trinajstić information content (AvgIpc) is 3.31. The number of para-hydroxylation sites is 2. The quantitative estimate of drug-likeness (QED) is 0.232. The van der Waals surface area contributed by atoms with Crippen molar-refractivity contribution in [3.63, 3.8) is 0 Å². The number of carbonyl (C=O) groups is 1. The van der Waals surface area contributed by atoms with E-state index in [9.17, 15) is 4.79 Å². The monoisotopic (exact) mass is 569 g/mol. The van der Waals surface area contributed by atoms with Crippen LogP contribution in [-0.4, -0.2) is 62.6 Å². The third kappa shape index (κ3) is 6.58. The SMILES string of the molecule is CN=C(NCCCN1C(=O)COc2ccccc21)NC1CCN(Cc2ccsc2)CC1.I. The molecule has 1 aromatic carbocycles. The largest absolute Gasteiger partial charge is 0.482 e. The number of aliphatic imine (C=N–C) groups is 1. The van der Waals surface area contributed by atoms with Gasteiger partial charge in [0.1, 0.15) is 5.75 Å². The number of nitrogens with one attached hydrogen (secondary N) is 2. The summed E-state index contributed by atoms with van der Waals surface area (Å²) in [5.74, 6) is 1.62. The average molecular weight is 570 g/mol. The van der Waals surface area contributed by atoms with Crippen LogP contribution in [-0.2, 0) is 11.3 Å². The van der Waals surface area contributed by atoms with Crippen molar-refractivity contribution in [2.45, 2.75) is 31.8 Å². The van der Waals surface area contributed by atoms with E-state index in [1.54, 1.807) is 11.3 Å². The number of likely N-dealkylation sites (tertiary alicyclic amines) is 1. The number of benzene rings is 1. The van der Waals surface area contributed by atoms with Gasteiger partial charge in [-0.05, 0) is 53.8 Å². The van der Waals surface area contributed by atoms with Crippen molar-refractivity contribution in [2.24, 2.45) is 4.99 Å². The Morgan fingerprint density at radius 3 is 2.81 bits per heavy atom. The van der Waals surface area contributed by atoms with Crippen molar-refractivity contribution >= 4 is 52.9 Å². The summed E-state index contributed by atoms with van der Waals surface area (Å²) in [6.07, 6.45) is 3.06. The van der Waals surface area contributed by atoms with Crippen LogP contribution >= 0.6 is 35.3 Å². The standard InChI is InChI=1S/C23H31N5O2S.HI/c1-24-23(26-19-7-12-27(13-8-19)15-18-9-14-31-17-18)25-10-4-11-28-20-5-2-3-6-21(20)30-16-22(28)29;/h2-3,5-6,9,14,17,19H,4,7-8,10-13,15-16H2,1H3,(H2,24,25,26);1H. The van der Waals surface area contributed by atoms with Crippen molar-refractivity contribution in [3.8, 4) is 5.75 Å². The minimum Gasteiger partial charge on any atom is -0.482 e.